The first-order chi connectivity index (χ1) is 8.27. The lowest BCUT2D eigenvalue weighted by Crippen LogP contribution is -2.41. The van der Waals surface area contributed by atoms with Crippen molar-refractivity contribution in [3.05, 3.63) is 0 Å². The molecule has 1 N–H and O–H groups in total. The standard InChI is InChI=1S/C15H31NO/c1-4-7-13(3)11-15(16-9-5-2)14-8-6-10-17-12-14/h13-16H,4-12H2,1-3H3. The second kappa shape index (κ2) is 8.93. The smallest absolute Gasteiger partial charge is 0.0509 e. The summed E-state index contributed by atoms with van der Waals surface area (Å²) in [5, 5.41) is 3.75. The van der Waals surface area contributed by atoms with Crippen molar-refractivity contribution >= 4 is 0 Å². The predicted molar refractivity (Wildman–Crippen MR) is 74.3 cm³/mol. The molecule has 0 spiro atoms. The summed E-state index contributed by atoms with van der Waals surface area (Å²) in [6, 6.07) is 0.678. The van der Waals surface area contributed by atoms with E-state index in [0.29, 0.717) is 6.04 Å². The van der Waals surface area contributed by atoms with E-state index in [-0.39, 0.29) is 0 Å². The lowest BCUT2D eigenvalue weighted by atomic mass is 9.86. The highest BCUT2D eigenvalue weighted by Gasteiger charge is 2.24. The van der Waals surface area contributed by atoms with E-state index < -0.39 is 0 Å². The van der Waals surface area contributed by atoms with Gasteiger partial charge in [0.15, 0.2) is 0 Å². The van der Waals surface area contributed by atoms with Crippen LogP contribution in [0.25, 0.3) is 0 Å². The van der Waals surface area contributed by atoms with Crippen LogP contribution in [0.4, 0.5) is 0 Å². The minimum atomic E-state index is 0.678. The zero-order valence-corrected chi connectivity index (χ0v) is 12.0. The molecular weight excluding hydrogens is 210 g/mol. The van der Waals surface area contributed by atoms with Crippen molar-refractivity contribution in [2.75, 3.05) is 19.8 Å². The maximum absolute atomic E-state index is 5.64. The second-order valence-corrected chi connectivity index (χ2v) is 5.67. The van der Waals surface area contributed by atoms with Gasteiger partial charge in [0.25, 0.3) is 0 Å². The highest BCUT2D eigenvalue weighted by atomic mass is 16.5. The Labute approximate surface area is 108 Å². The van der Waals surface area contributed by atoms with E-state index in [9.17, 15) is 0 Å². The molecule has 102 valence electrons. The number of hydrogen-bond acceptors (Lipinski definition) is 2. The Balaban J connectivity index is 2.40. The average molecular weight is 241 g/mol. The van der Waals surface area contributed by atoms with E-state index in [4.69, 9.17) is 4.74 Å². The van der Waals surface area contributed by atoms with Gasteiger partial charge in [-0.3, -0.25) is 0 Å². The van der Waals surface area contributed by atoms with Crippen LogP contribution in [0.3, 0.4) is 0 Å². The van der Waals surface area contributed by atoms with Crippen LogP contribution in [0, 0.1) is 11.8 Å². The van der Waals surface area contributed by atoms with Crippen LogP contribution in [-0.4, -0.2) is 25.8 Å². The van der Waals surface area contributed by atoms with Crippen LogP contribution in [-0.2, 0) is 4.74 Å². The molecule has 2 nitrogen and oxygen atoms in total. The number of ether oxygens (including phenoxy) is 1. The molecule has 0 amide bonds. The van der Waals surface area contributed by atoms with Crippen molar-refractivity contribution in [2.45, 2.75) is 65.3 Å². The van der Waals surface area contributed by atoms with Gasteiger partial charge in [0.2, 0.25) is 0 Å². The molecule has 0 aromatic carbocycles. The van der Waals surface area contributed by atoms with Crippen molar-refractivity contribution < 1.29 is 4.74 Å². The van der Waals surface area contributed by atoms with Crippen LogP contribution in [0.5, 0.6) is 0 Å². The molecule has 2 heteroatoms. The molecule has 1 heterocycles. The van der Waals surface area contributed by atoms with Gasteiger partial charge in [0, 0.05) is 12.6 Å². The molecule has 0 aliphatic carbocycles. The molecule has 1 rings (SSSR count). The average Bonchev–Trinajstić information content (AvgIpc) is 2.36. The van der Waals surface area contributed by atoms with E-state index in [1.165, 1.54) is 38.5 Å². The molecule has 3 atom stereocenters. The first-order valence-electron chi connectivity index (χ1n) is 7.59. The second-order valence-electron chi connectivity index (χ2n) is 5.67. The molecule has 0 aromatic heterocycles. The monoisotopic (exact) mass is 241 g/mol. The summed E-state index contributed by atoms with van der Waals surface area (Å²) in [7, 11) is 0. The Kier molecular flexibility index (Phi) is 7.87. The summed E-state index contributed by atoms with van der Waals surface area (Å²) in [6.45, 7) is 10.0. The Morgan fingerprint density at radius 1 is 1.29 bits per heavy atom. The summed E-state index contributed by atoms with van der Waals surface area (Å²) < 4.78 is 5.64. The van der Waals surface area contributed by atoms with Crippen molar-refractivity contribution in [1.29, 1.82) is 0 Å². The molecule has 3 unspecified atom stereocenters. The van der Waals surface area contributed by atoms with Gasteiger partial charge in [0.1, 0.15) is 0 Å². The number of nitrogens with one attached hydrogen (secondary N) is 1. The summed E-state index contributed by atoms with van der Waals surface area (Å²) in [6.07, 6.45) is 7.81. The number of hydrogen-bond donors (Lipinski definition) is 1. The number of rotatable bonds is 8. The summed E-state index contributed by atoms with van der Waals surface area (Å²) >= 11 is 0. The predicted octanol–water partition coefficient (Wildman–Crippen LogP) is 3.61. The lowest BCUT2D eigenvalue weighted by molar-refractivity contribution is 0.0354. The fraction of sp³-hybridized carbons (Fsp3) is 1.00. The first-order valence-corrected chi connectivity index (χ1v) is 7.59. The largest absolute Gasteiger partial charge is 0.381 e. The van der Waals surface area contributed by atoms with Gasteiger partial charge in [-0.1, -0.05) is 33.6 Å². The van der Waals surface area contributed by atoms with E-state index in [1.54, 1.807) is 0 Å². The van der Waals surface area contributed by atoms with Crippen LogP contribution >= 0.6 is 0 Å². The van der Waals surface area contributed by atoms with Gasteiger partial charge in [-0.15, -0.1) is 0 Å². The molecule has 0 bridgehead atoms. The topological polar surface area (TPSA) is 21.3 Å². The summed E-state index contributed by atoms with van der Waals surface area (Å²) in [5.41, 5.74) is 0. The molecule has 17 heavy (non-hydrogen) atoms. The lowest BCUT2D eigenvalue weighted by Gasteiger charge is -2.32. The van der Waals surface area contributed by atoms with E-state index in [0.717, 1.165) is 31.6 Å². The van der Waals surface area contributed by atoms with Crippen molar-refractivity contribution in [3.8, 4) is 0 Å². The van der Waals surface area contributed by atoms with Crippen LogP contribution < -0.4 is 5.32 Å². The maximum Gasteiger partial charge on any atom is 0.0509 e. The first kappa shape index (κ1) is 15.0. The SMILES string of the molecule is CCCNC(CC(C)CCC)C1CCCOC1. The third-order valence-corrected chi connectivity index (χ3v) is 3.86. The minimum Gasteiger partial charge on any atom is -0.381 e. The van der Waals surface area contributed by atoms with Crippen LogP contribution in [0.2, 0.25) is 0 Å². The van der Waals surface area contributed by atoms with E-state index in [1.807, 2.05) is 0 Å². The molecule has 1 fully saturated rings. The van der Waals surface area contributed by atoms with Gasteiger partial charge in [-0.05, 0) is 44.1 Å². The van der Waals surface area contributed by atoms with E-state index in [2.05, 4.69) is 26.1 Å². The van der Waals surface area contributed by atoms with Crippen molar-refractivity contribution in [2.24, 2.45) is 11.8 Å². The van der Waals surface area contributed by atoms with Crippen LogP contribution in [0.1, 0.15) is 59.3 Å². The van der Waals surface area contributed by atoms with Crippen LogP contribution in [0.15, 0.2) is 0 Å². The fourth-order valence-corrected chi connectivity index (χ4v) is 2.90. The fourth-order valence-electron chi connectivity index (χ4n) is 2.90. The molecule has 1 saturated heterocycles. The van der Waals surface area contributed by atoms with Crippen molar-refractivity contribution in [1.82, 2.24) is 5.32 Å². The molecule has 1 aliphatic heterocycles. The van der Waals surface area contributed by atoms with Gasteiger partial charge in [-0.2, -0.15) is 0 Å². The molecule has 0 aromatic rings. The minimum absolute atomic E-state index is 0.678. The Morgan fingerprint density at radius 2 is 2.12 bits per heavy atom. The maximum atomic E-state index is 5.64. The molecule has 1 aliphatic rings. The molecular formula is C15H31NO. The third-order valence-electron chi connectivity index (χ3n) is 3.86. The Bertz CT molecular complexity index is 178. The van der Waals surface area contributed by atoms with Gasteiger partial charge in [-0.25, -0.2) is 0 Å². The third kappa shape index (κ3) is 5.87. The summed E-state index contributed by atoms with van der Waals surface area (Å²) in [5.74, 6) is 1.59. The Hall–Kier alpha value is -0.0800. The quantitative estimate of drug-likeness (QED) is 0.701. The zero-order valence-electron chi connectivity index (χ0n) is 12.0. The Morgan fingerprint density at radius 3 is 2.71 bits per heavy atom. The molecule has 0 saturated carbocycles. The molecule has 0 radical (unpaired) electrons. The highest BCUT2D eigenvalue weighted by Crippen LogP contribution is 2.23. The summed E-state index contributed by atoms with van der Waals surface area (Å²) in [4.78, 5) is 0. The van der Waals surface area contributed by atoms with Gasteiger partial charge >= 0.3 is 0 Å². The van der Waals surface area contributed by atoms with Gasteiger partial charge < -0.3 is 10.1 Å². The van der Waals surface area contributed by atoms with E-state index >= 15 is 0 Å². The zero-order chi connectivity index (χ0) is 12.5. The highest BCUT2D eigenvalue weighted by molar-refractivity contribution is 4.80. The van der Waals surface area contributed by atoms with Crippen molar-refractivity contribution in [3.63, 3.8) is 0 Å². The normalized spacial score (nSPS) is 24.5. The van der Waals surface area contributed by atoms with Gasteiger partial charge in [0.05, 0.1) is 6.61 Å².